The molecule has 0 N–H and O–H groups in total. The molecule has 0 unspecified atom stereocenters. The molecular formula is C77H48N2. The van der Waals surface area contributed by atoms with Crippen molar-refractivity contribution < 1.29 is 0 Å². The van der Waals surface area contributed by atoms with E-state index < -0.39 is 10.8 Å². The Morgan fingerprint density at radius 3 is 1.10 bits per heavy atom. The average molecular weight is 1000 g/mol. The van der Waals surface area contributed by atoms with Crippen LogP contribution in [-0.4, -0.2) is 9.55 Å². The van der Waals surface area contributed by atoms with Crippen LogP contribution in [-0.2, 0) is 10.8 Å². The summed E-state index contributed by atoms with van der Waals surface area (Å²) in [6.45, 7) is 0. The first-order chi connectivity index (χ1) is 39.2. The summed E-state index contributed by atoms with van der Waals surface area (Å²) in [7, 11) is 0. The Kier molecular flexibility index (Phi) is 9.29. The van der Waals surface area contributed by atoms with E-state index in [0.29, 0.717) is 0 Å². The van der Waals surface area contributed by atoms with Crippen molar-refractivity contribution in [3.8, 4) is 72.7 Å². The van der Waals surface area contributed by atoms with Crippen molar-refractivity contribution in [2.45, 2.75) is 10.8 Å². The van der Waals surface area contributed by atoms with Crippen LogP contribution in [0.4, 0.5) is 0 Å². The zero-order chi connectivity index (χ0) is 51.8. The van der Waals surface area contributed by atoms with E-state index in [-0.39, 0.29) is 0 Å². The quantitative estimate of drug-likeness (QED) is 0.157. The Morgan fingerprint density at radius 1 is 0.253 bits per heavy atom. The minimum atomic E-state index is -0.550. The Bertz CT molecular complexity index is 4680. The maximum atomic E-state index is 5.19. The van der Waals surface area contributed by atoms with Crippen LogP contribution in [0.3, 0.4) is 0 Å². The molecule has 0 aliphatic heterocycles. The topological polar surface area (TPSA) is 17.8 Å². The highest BCUT2D eigenvalue weighted by molar-refractivity contribution is 6.21. The molecule has 3 aliphatic rings. The normalized spacial score (nSPS) is 13.8. The molecule has 0 amide bonds. The zero-order valence-electron chi connectivity index (χ0n) is 43.1. The fraction of sp³-hybridized carbons (Fsp3) is 0.0260. The molecule has 0 fully saturated rings. The van der Waals surface area contributed by atoms with Crippen molar-refractivity contribution in [3.63, 3.8) is 0 Å². The summed E-state index contributed by atoms with van der Waals surface area (Å²) in [5.41, 5.74) is 26.4. The number of nitrogens with zero attached hydrogens (tertiary/aromatic N) is 2. The average Bonchev–Trinajstić information content (AvgIpc) is 2.33. The molecule has 13 aromatic carbocycles. The molecule has 17 rings (SSSR count). The van der Waals surface area contributed by atoms with Crippen LogP contribution in [0.5, 0.6) is 0 Å². The number of imidazole rings is 1. The smallest absolute Gasteiger partial charge is 0.145 e. The van der Waals surface area contributed by atoms with Crippen molar-refractivity contribution in [2.75, 3.05) is 0 Å². The number of benzene rings is 13. The van der Waals surface area contributed by atoms with E-state index in [1.165, 1.54) is 122 Å². The largest absolute Gasteiger partial charge is 0.292 e. The predicted octanol–water partition coefficient (Wildman–Crippen LogP) is 19.0. The summed E-state index contributed by atoms with van der Waals surface area (Å²) in [5.74, 6) is 0.927. The fourth-order valence-electron chi connectivity index (χ4n) is 14.8. The van der Waals surface area contributed by atoms with Crippen LogP contribution >= 0.6 is 0 Å². The van der Waals surface area contributed by atoms with Crippen LogP contribution in [0.15, 0.2) is 291 Å². The Hall–Kier alpha value is -10.2. The van der Waals surface area contributed by atoms with Gasteiger partial charge in [-0.15, -0.1) is 0 Å². The SMILES string of the molecule is c1ccc(-n2c(-c3ccc(-c4c5ccccc5c(-c5ccc(-c6ccc7c(c6)C6(c8ccccc8-c8ccccc86)c6ccccc6C76c7ccccc7-c7ccccc76)cc5)c5ccccc45)cc3)nc3ccccc32)cc1. The van der Waals surface area contributed by atoms with Crippen molar-refractivity contribution >= 4 is 32.6 Å². The van der Waals surface area contributed by atoms with Gasteiger partial charge in [-0.2, -0.15) is 0 Å². The number of para-hydroxylation sites is 3. The summed E-state index contributed by atoms with van der Waals surface area (Å²) >= 11 is 0. The van der Waals surface area contributed by atoms with Gasteiger partial charge in [0, 0.05) is 11.3 Å². The van der Waals surface area contributed by atoms with E-state index in [1.54, 1.807) is 0 Å². The summed E-state index contributed by atoms with van der Waals surface area (Å²) in [4.78, 5) is 5.19. The highest BCUT2D eigenvalue weighted by atomic mass is 15.1. The fourth-order valence-corrected chi connectivity index (χ4v) is 14.8. The zero-order valence-corrected chi connectivity index (χ0v) is 43.1. The van der Waals surface area contributed by atoms with Crippen molar-refractivity contribution in [2.24, 2.45) is 0 Å². The molecule has 2 nitrogen and oxygen atoms in total. The maximum absolute atomic E-state index is 5.19. The van der Waals surface area contributed by atoms with Gasteiger partial charge in [0.15, 0.2) is 0 Å². The maximum Gasteiger partial charge on any atom is 0.145 e. The number of fused-ring (bicyclic) bond motifs is 19. The molecule has 0 saturated carbocycles. The number of rotatable bonds is 5. The van der Waals surface area contributed by atoms with Gasteiger partial charge < -0.3 is 0 Å². The minimum absolute atomic E-state index is 0.517. The minimum Gasteiger partial charge on any atom is -0.292 e. The van der Waals surface area contributed by atoms with Gasteiger partial charge in [-0.3, -0.25) is 4.57 Å². The lowest BCUT2D eigenvalue weighted by molar-refractivity contribution is 0.633. The third kappa shape index (κ3) is 5.92. The third-order valence-corrected chi connectivity index (χ3v) is 17.9. The lowest BCUT2D eigenvalue weighted by atomic mass is 9.52. The Morgan fingerprint density at radius 2 is 0.608 bits per heavy atom. The first-order valence-electron chi connectivity index (χ1n) is 27.5. The first-order valence-corrected chi connectivity index (χ1v) is 27.5. The van der Waals surface area contributed by atoms with Gasteiger partial charge in [-0.05, 0) is 152 Å². The Labute approximate surface area is 458 Å². The van der Waals surface area contributed by atoms with Gasteiger partial charge in [0.05, 0.1) is 21.9 Å². The molecule has 2 spiro atoms. The molecule has 14 aromatic rings. The molecular weight excluding hydrogens is 953 g/mol. The van der Waals surface area contributed by atoms with Gasteiger partial charge in [-0.25, -0.2) is 4.98 Å². The molecule has 1 heterocycles. The van der Waals surface area contributed by atoms with Gasteiger partial charge in [0.1, 0.15) is 5.82 Å². The highest BCUT2D eigenvalue weighted by Crippen LogP contribution is 2.67. The molecule has 0 radical (unpaired) electrons. The highest BCUT2D eigenvalue weighted by Gasteiger charge is 2.59. The Balaban J connectivity index is 0.829. The van der Waals surface area contributed by atoms with E-state index in [1.807, 2.05) is 0 Å². The molecule has 2 heteroatoms. The van der Waals surface area contributed by atoms with Gasteiger partial charge in [0.25, 0.3) is 0 Å². The van der Waals surface area contributed by atoms with Crippen molar-refractivity contribution in [3.05, 3.63) is 336 Å². The summed E-state index contributed by atoms with van der Waals surface area (Å²) in [5, 5.41) is 4.92. The van der Waals surface area contributed by atoms with Crippen molar-refractivity contribution in [1.29, 1.82) is 0 Å². The van der Waals surface area contributed by atoms with Crippen LogP contribution in [0.1, 0.15) is 44.5 Å². The van der Waals surface area contributed by atoms with E-state index in [0.717, 1.165) is 28.1 Å². The molecule has 366 valence electrons. The molecule has 79 heavy (non-hydrogen) atoms. The lowest BCUT2D eigenvalue weighted by Gasteiger charge is -2.49. The molecule has 0 atom stereocenters. The molecule has 3 aliphatic carbocycles. The number of hydrogen-bond donors (Lipinski definition) is 0. The van der Waals surface area contributed by atoms with Crippen LogP contribution < -0.4 is 0 Å². The van der Waals surface area contributed by atoms with E-state index in [4.69, 9.17) is 4.98 Å². The van der Waals surface area contributed by atoms with Crippen molar-refractivity contribution in [1.82, 2.24) is 9.55 Å². The monoisotopic (exact) mass is 1000 g/mol. The lowest BCUT2D eigenvalue weighted by Crippen LogP contribution is -2.43. The standard InChI is InChI=1S/C77H48N2/c1-2-20-54(21-3-1)79-72-37-19-18-36-71(72)78-75(79)52-44-42-51(43-45-52)74-61-28-6-4-26-59(61)73(60-27-5-7-29-62(60)74)50-40-38-49(39-41-50)53-46-47-69-70(48-53)77(65-32-14-10-24-57(65)58-25-11-15-33-66(58)77)68-35-17-16-34-67(68)76(69)63-30-12-8-22-55(63)56-23-9-13-31-64(56)76/h1-48H. The van der Waals surface area contributed by atoms with Crippen LogP contribution in [0.25, 0.3) is 105 Å². The van der Waals surface area contributed by atoms with E-state index in [9.17, 15) is 0 Å². The second-order valence-electron chi connectivity index (χ2n) is 21.6. The first kappa shape index (κ1) is 44.0. The van der Waals surface area contributed by atoms with Crippen LogP contribution in [0, 0.1) is 0 Å². The summed E-state index contributed by atoms with van der Waals surface area (Å²) < 4.78 is 2.27. The van der Waals surface area contributed by atoms with E-state index in [2.05, 4.69) is 296 Å². The second-order valence-corrected chi connectivity index (χ2v) is 21.6. The number of hydrogen-bond acceptors (Lipinski definition) is 1. The molecule has 0 bridgehead atoms. The summed E-state index contributed by atoms with van der Waals surface area (Å²) in [6.07, 6.45) is 0. The van der Waals surface area contributed by atoms with Gasteiger partial charge >= 0.3 is 0 Å². The van der Waals surface area contributed by atoms with Crippen LogP contribution in [0.2, 0.25) is 0 Å². The third-order valence-electron chi connectivity index (χ3n) is 17.9. The predicted molar refractivity (Wildman–Crippen MR) is 326 cm³/mol. The number of aromatic nitrogens is 2. The van der Waals surface area contributed by atoms with Gasteiger partial charge in [0.2, 0.25) is 0 Å². The van der Waals surface area contributed by atoms with E-state index >= 15 is 0 Å². The van der Waals surface area contributed by atoms with Gasteiger partial charge in [-0.1, -0.05) is 261 Å². The summed E-state index contributed by atoms with van der Waals surface area (Å²) in [6, 6.07) is 109. The second kappa shape index (κ2) is 16.7. The molecule has 1 aromatic heterocycles. The molecule has 0 saturated heterocycles.